The van der Waals surface area contributed by atoms with E-state index >= 15 is 0 Å². The molecule has 0 unspecified atom stereocenters. The van der Waals surface area contributed by atoms with Gasteiger partial charge in [-0.15, -0.1) is 10.2 Å². The maximum absolute atomic E-state index is 12.2. The zero-order valence-corrected chi connectivity index (χ0v) is 12.0. The highest BCUT2D eigenvalue weighted by Crippen LogP contribution is 2.32. The molecule has 1 aliphatic rings. The number of amides is 1. The van der Waals surface area contributed by atoms with E-state index in [1.165, 1.54) is 11.6 Å². The number of benzene rings is 1. The molecular formula is C16H17N3O2. The second-order valence-electron chi connectivity index (χ2n) is 5.05. The van der Waals surface area contributed by atoms with E-state index in [2.05, 4.69) is 22.8 Å². The highest BCUT2D eigenvalue weighted by Gasteiger charge is 2.33. The van der Waals surface area contributed by atoms with Gasteiger partial charge in [0.25, 0.3) is 0 Å². The van der Waals surface area contributed by atoms with Gasteiger partial charge >= 0.3 is 0 Å². The second kappa shape index (κ2) is 5.52. The van der Waals surface area contributed by atoms with Gasteiger partial charge in [0.2, 0.25) is 17.7 Å². The predicted molar refractivity (Wildman–Crippen MR) is 77.3 cm³/mol. The van der Waals surface area contributed by atoms with Crippen molar-refractivity contribution in [1.82, 2.24) is 15.1 Å². The van der Waals surface area contributed by atoms with Crippen LogP contribution in [0.4, 0.5) is 0 Å². The first-order chi connectivity index (χ1) is 10.2. The summed E-state index contributed by atoms with van der Waals surface area (Å²) in [5, 5.41) is 8.11. The van der Waals surface area contributed by atoms with Crippen LogP contribution in [0.2, 0.25) is 0 Å². The normalized spacial score (nSPS) is 17.4. The number of hydrogen-bond donors (Lipinski definition) is 0. The smallest absolute Gasteiger partial charge is 0.246 e. The van der Waals surface area contributed by atoms with Crippen LogP contribution in [0, 0.1) is 0 Å². The molecular weight excluding hydrogens is 266 g/mol. The summed E-state index contributed by atoms with van der Waals surface area (Å²) in [4.78, 5) is 13.9. The van der Waals surface area contributed by atoms with E-state index in [9.17, 15) is 4.79 Å². The molecule has 0 saturated heterocycles. The zero-order valence-electron chi connectivity index (χ0n) is 12.0. The molecule has 108 valence electrons. The lowest BCUT2D eigenvalue weighted by atomic mass is 9.94. The molecule has 1 aromatic heterocycles. The zero-order chi connectivity index (χ0) is 14.8. The molecule has 1 aliphatic heterocycles. The van der Waals surface area contributed by atoms with Gasteiger partial charge in [-0.2, -0.15) is 0 Å². The minimum absolute atomic E-state index is 0.120. The van der Waals surface area contributed by atoms with Crippen LogP contribution in [0.3, 0.4) is 0 Å². The van der Waals surface area contributed by atoms with Gasteiger partial charge in [-0.1, -0.05) is 37.8 Å². The molecule has 0 saturated carbocycles. The van der Waals surface area contributed by atoms with Gasteiger partial charge < -0.3 is 9.32 Å². The van der Waals surface area contributed by atoms with E-state index in [-0.39, 0.29) is 11.9 Å². The van der Waals surface area contributed by atoms with Crippen LogP contribution < -0.4 is 0 Å². The quantitative estimate of drug-likeness (QED) is 0.812. The topological polar surface area (TPSA) is 59.2 Å². The number of aromatic nitrogens is 2. The van der Waals surface area contributed by atoms with E-state index in [1.807, 2.05) is 25.1 Å². The summed E-state index contributed by atoms with van der Waals surface area (Å²) in [6, 6.07) is 7.89. The molecule has 1 atom stereocenters. The van der Waals surface area contributed by atoms with Crippen molar-refractivity contribution in [2.45, 2.75) is 32.4 Å². The van der Waals surface area contributed by atoms with E-state index in [0.717, 1.165) is 5.56 Å². The van der Waals surface area contributed by atoms with E-state index in [1.54, 1.807) is 4.90 Å². The molecule has 21 heavy (non-hydrogen) atoms. The van der Waals surface area contributed by atoms with Gasteiger partial charge in [-0.25, -0.2) is 0 Å². The van der Waals surface area contributed by atoms with Crippen LogP contribution >= 0.6 is 0 Å². The molecule has 2 heterocycles. The van der Waals surface area contributed by atoms with Gasteiger partial charge in [-0.05, 0) is 17.2 Å². The van der Waals surface area contributed by atoms with Gasteiger partial charge in [0, 0.05) is 19.4 Å². The summed E-state index contributed by atoms with van der Waals surface area (Å²) >= 11 is 0. The largest absolute Gasteiger partial charge is 0.423 e. The minimum Gasteiger partial charge on any atom is -0.423 e. The lowest BCUT2D eigenvalue weighted by Crippen LogP contribution is -2.38. The van der Waals surface area contributed by atoms with Crippen molar-refractivity contribution in [3.8, 4) is 0 Å². The van der Waals surface area contributed by atoms with Crippen molar-refractivity contribution >= 4 is 5.91 Å². The minimum atomic E-state index is -0.224. The van der Waals surface area contributed by atoms with E-state index in [0.29, 0.717) is 31.2 Å². The third-order valence-corrected chi connectivity index (χ3v) is 3.78. The molecule has 0 spiro atoms. The predicted octanol–water partition coefficient (Wildman–Crippen LogP) is 2.44. The number of fused-ring (bicyclic) bond motifs is 1. The molecule has 0 N–H and O–H groups in total. The summed E-state index contributed by atoms with van der Waals surface area (Å²) in [7, 11) is 0. The summed E-state index contributed by atoms with van der Waals surface area (Å²) in [6.45, 7) is 6.08. The SMILES string of the molecule is C=CC(=O)N1Cc2ccccc2C[C@@H]1c1nnc(CC)o1. The Kier molecular flexibility index (Phi) is 3.56. The van der Waals surface area contributed by atoms with E-state index in [4.69, 9.17) is 4.42 Å². The fourth-order valence-corrected chi connectivity index (χ4v) is 2.64. The van der Waals surface area contributed by atoms with Crippen molar-refractivity contribution in [3.63, 3.8) is 0 Å². The average molecular weight is 283 g/mol. The van der Waals surface area contributed by atoms with Crippen LogP contribution in [-0.4, -0.2) is 21.0 Å². The average Bonchev–Trinajstić information content (AvgIpc) is 3.01. The molecule has 5 heteroatoms. The molecule has 0 fully saturated rings. The number of carbonyl (C=O) groups is 1. The van der Waals surface area contributed by atoms with Crippen molar-refractivity contribution in [1.29, 1.82) is 0 Å². The standard InChI is InChI=1S/C16H17N3O2/c1-3-14-17-18-16(21-14)13-9-11-7-5-6-8-12(11)10-19(13)15(20)4-2/h4-8,13H,2-3,9-10H2,1H3/t13-/m1/s1. The highest BCUT2D eigenvalue weighted by atomic mass is 16.4. The summed E-state index contributed by atoms with van der Waals surface area (Å²) < 4.78 is 5.66. The monoisotopic (exact) mass is 283 g/mol. The Bertz CT molecular complexity index is 678. The number of aryl methyl sites for hydroxylation is 1. The van der Waals surface area contributed by atoms with Gasteiger partial charge in [0.1, 0.15) is 6.04 Å². The Morgan fingerprint density at radius 1 is 1.43 bits per heavy atom. The first-order valence-corrected chi connectivity index (χ1v) is 7.05. The lowest BCUT2D eigenvalue weighted by molar-refractivity contribution is -0.130. The fourth-order valence-electron chi connectivity index (χ4n) is 2.64. The lowest BCUT2D eigenvalue weighted by Gasteiger charge is -2.34. The molecule has 2 aromatic rings. The van der Waals surface area contributed by atoms with Gasteiger partial charge in [-0.3, -0.25) is 4.79 Å². The third-order valence-electron chi connectivity index (χ3n) is 3.78. The number of nitrogens with zero attached hydrogens (tertiary/aromatic N) is 3. The Balaban J connectivity index is 1.99. The van der Waals surface area contributed by atoms with Crippen molar-refractivity contribution in [2.75, 3.05) is 0 Å². The Labute approximate surface area is 123 Å². The molecule has 5 nitrogen and oxygen atoms in total. The number of rotatable bonds is 3. The van der Waals surface area contributed by atoms with Crippen molar-refractivity contribution < 1.29 is 9.21 Å². The van der Waals surface area contributed by atoms with Crippen LogP contribution in [0.1, 0.15) is 35.9 Å². The maximum atomic E-state index is 12.2. The summed E-state index contributed by atoms with van der Waals surface area (Å²) in [5.41, 5.74) is 2.37. The Morgan fingerprint density at radius 2 is 2.19 bits per heavy atom. The molecule has 3 rings (SSSR count). The third kappa shape index (κ3) is 2.46. The van der Waals surface area contributed by atoms with Crippen LogP contribution in [0.15, 0.2) is 41.3 Å². The second-order valence-corrected chi connectivity index (χ2v) is 5.05. The highest BCUT2D eigenvalue weighted by molar-refractivity contribution is 5.87. The Morgan fingerprint density at radius 3 is 2.86 bits per heavy atom. The summed E-state index contributed by atoms with van der Waals surface area (Å²) in [5.74, 6) is 0.970. The molecule has 0 bridgehead atoms. The fraction of sp³-hybridized carbons (Fsp3) is 0.312. The maximum Gasteiger partial charge on any atom is 0.246 e. The number of carbonyl (C=O) groups excluding carboxylic acids is 1. The molecule has 1 amide bonds. The van der Waals surface area contributed by atoms with Gasteiger partial charge in [0.05, 0.1) is 0 Å². The molecule has 0 radical (unpaired) electrons. The van der Waals surface area contributed by atoms with Crippen molar-refractivity contribution in [2.24, 2.45) is 0 Å². The molecule has 0 aliphatic carbocycles. The Hall–Kier alpha value is -2.43. The van der Waals surface area contributed by atoms with Crippen LogP contribution in [0.25, 0.3) is 0 Å². The first kappa shape index (κ1) is 13.5. The van der Waals surface area contributed by atoms with Gasteiger partial charge in [0.15, 0.2) is 0 Å². The van der Waals surface area contributed by atoms with E-state index < -0.39 is 0 Å². The number of hydrogen-bond acceptors (Lipinski definition) is 4. The molecule has 1 aromatic carbocycles. The van der Waals surface area contributed by atoms with Crippen molar-refractivity contribution in [3.05, 3.63) is 59.8 Å². The summed E-state index contributed by atoms with van der Waals surface area (Å²) in [6.07, 6.45) is 2.70. The van der Waals surface area contributed by atoms with Crippen LogP contribution in [0.5, 0.6) is 0 Å². The van der Waals surface area contributed by atoms with Crippen LogP contribution in [-0.2, 0) is 24.2 Å². The first-order valence-electron chi connectivity index (χ1n) is 7.05.